The van der Waals surface area contributed by atoms with E-state index in [0.717, 1.165) is 19.4 Å². The van der Waals surface area contributed by atoms with Gasteiger partial charge in [0.1, 0.15) is 0 Å². The van der Waals surface area contributed by atoms with Crippen LogP contribution in [0.3, 0.4) is 0 Å². The zero-order valence-electron chi connectivity index (χ0n) is 12.4. The predicted octanol–water partition coefficient (Wildman–Crippen LogP) is 1.43. The van der Waals surface area contributed by atoms with Crippen LogP contribution in [-0.2, 0) is 9.59 Å². The molecule has 0 aromatic carbocycles. The van der Waals surface area contributed by atoms with E-state index in [0.29, 0.717) is 18.9 Å². The Morgan fingerprint density at radius 2 is 2.16 bits per heavy atom. The highest BCUT2D eigenvalue weighted by Crippen LogP contribution is 2.25. The monoisotopic (exact) mass is 269 g/mol. The van der Waals surface area contributed by atoms with E-state index < -0.39 is 5.41 Å². The summed E-state index contributed by atoms with van der Waals surface area (Å²) in [5.41, 5.74) is 1.53. The molecule has 1 aliphatic heterocycles. The number of carbonyl (C=O) groups excluding carboxylic acids is 2. The molecular weight excluding hydrogens is 242 g/mol. The van der Waals surface area contributed by atoms with E-state index in [1.165, 1.54) is 12.8 Å². The smallest absolute Gasteiger partial charge is 0.241 e. The second-order valence-electron chi connectivity index (χ2n) is 6.15. The van der Waals surface area contributed by atoms with Crippen molar-refractivity contribution in [2.45, 2.75) is 52.9 Å². The third-order valence-corrected chi connectivity index (χ3v) is 3.96. The van der Waals surface area contributed by atoms with Gasteiger partial charge in [0.15, 0.2) is 0 Å². The molecule has 110 valence electrons. The lowest BCUT2D eigenvalue weighted by Crippen LogP contribution is -2.48. The van der Waals surface area contributed by atoms with E-state index in [-0.39, 0.29) is 11.8 Å². The predicted molar refractivity (Wildman–Crippen MR) is 74.9 cm³/mol. The van der Waals surface area contributed by atoms with Gasteiger partial charge in [0.2, 0.25) is 11.8 Å². The van der Waals surface area contributed by atoms with E-state index in [9.17, 15) is 9.59 Å². The van der Waals surface area contributed by atoms with E-state index >= 15 is 0 Å². The summed E-state index contributed by atoms with van der Waals surface area (Å²) in [5, 5.41) is 0. The second kappa shape index (κ2) is 6.89. The van der Waals surface area contributed by atoms with Gasteiger partial charge in [0.25, 0.3) is 0 Å². The highest BCUT2D eigenvalue weighted by atomic mass is 16.2. The number of nitrogens with zero attached hydrogens (tertiary/aromatic N) is 1. The molecule has 1 unspecified atom stereocenters. The first-order valence-electron chi connectivity index (χ1n) is 7.19. The van der Waals surface area contributed by atoms with E-state index in [4.69, 9.17) is 5.84 Å². The van der Waals surface area contributed by atoms with Crippen molar-refractivity contribution in [3.63, 3.8) is 0 Å². The number of likely N-dealkylation sites (tertiary alicyclic amines) is 1. The Labute approximate surface area is 115 Å². The van der Waals surface area contributed by atoms with Crippen molar-refractivity contribution < 1.29 is 9.59 Å². The summed E-state index contributed by atoms with van der Waals surface area (Å²) in [7, 11) is 0. The Morgan fingerprint density at radius 3 is 2.74 bits per heavy atom. The van der Waals surface area contributed by atoms with Crippen LogP contribution in [0.15, 0.2) is 0 Å². The van der Waals surface area contributed by atoms with Gasteiger partial charge in [-0.1, -0.05) is 19.8 Å². The molecule has 1 rings (SSSR count). The molecule has 1 heterocycles. The highest BCUT2D eigenvalue weighted by Gasteiger charge is 2.32. The zero-order valence-corrected chi connectivity index (χ0v) is 12.4. The molecule has 5 nitrogen and oxygen atoms in total. The Bertz CT molecular complexity index is 329. The molecule has 0 aromatic heterocycles. The van der Waals surface area contributed by atoms with Crippen molar-refractivity contribution in [2.75, 3.05) is 13.1 Å². The maximum Gasteiger partial charge on any atom is 0.241 e. The van der Waals surface area contributed by atoms with Crippen LogP contribution in [0.5, 0.6) is 0 Å². The van der Waals surface area contributed by atoms with Crippen molar-refractivity contribution in [3.8, 4) is 0 Å². The molecular formula is C14H27N3O2. The SMILES string of the molecule is CCCC1CCC(=O)N(CC(C)(C)C(=O)NN)CC1. The normalized spacial score (nSPS) is 21.2. The number of hydrogen-bond donors (Lipinski definition) is 2. The van der Waals surface area contributed by atoms with E-state index in [1.807, 2.05) is 18.7 Å². The molecule has 2 amide bonds. The summed E-state index contributed by atoms with van der Waals surface area (Å²) in [5.74, 6) is 5.77. The minimum atomic E-state index is -0.644. The minimum Gasteiger partial charge on any atom is -0.342 e. The van der Waals surface area contributed by atoms with Crippen LogP contribution in [-0.4, -0.2) is 29.8 Å². The Morgan fingerprint density at radius 1 is 1.47 bits per heavy atom. The Hall–Kier alpha value is -1.10. The standard InChI is InChI=1S/C14H27N3O2/c1-4-5-11-6-7-12(18)17(9-8-11)10-14(2,3)13(19)16-15/h11H,4-10,15H2,1-3H3,(H,16,19). The molecule has 0 bridgehead atoms. The summed E-state index contributed by atoms with van der Waals surface area (Å²) < 4.78 is 0. The van der Waals surface area contributed by atoms with Crippen LogP contribution in [0.1, 0.15) is 52.9 Å². The number of nitrogens with two attached hydrogens (primary N) is 1. The lowest BCUT2D eigenvalue weighted by Gasteiger charge is -2.30. The average molecular weight is 269 g/mol. The minimum absolute atomic E-state index is 0.163. The van der Waals surface area contributed by atoms with Crippen LogP contribution >= 0.6 is 0 Å². The van der Waals surface area contributed by atoms with Gasteiger partial charge in [0, 0.05) is 19.5 Å². The molecule has 0 aromatic rings. The summed E-state index contributed by atoms with van der Waals surface area (Å²) in [6, 6.07) is 0. The van der Waals surface area contributed by atoms with Gasteiger partial charge in [-0.15, -0.1) is 0 Å². The van der Waals surface area contributed by atoms with Gasteiger partial charge in [-0.3, -0.25) is 15.0 Å². The van der Waals surface area contributed by atoms with Crippen LogP contribution in [0.25, 0.3) is 0 Å². The number of rotatable bonds is 5. The van der Waals surface area contributed by atoms with Gasteiger partial charge in [0.05, 0.1) is 5.41 Å². The molecule has 1 saturated heterocycles. The van der Waals surface area contributed by atoms with Crippen LogP contribution in [0.4, 0.5) is 0 Å². The summed E-state index contributed by atoms with van der Waals surface area (Å²) in [4.78, 5) is 25.6. The van der Waals surface area contributed by atoms with Gasteiger partial charge < -0.3 is 4.90 Å². The number of nitrogens with one attached hydrogen (secondary N) is 1. The van der Waals surface area contributed by atoms with Gasteiger partial charge >= 0.3 is 0 Å². The fourth-order valence-electron chi connectivity index (χ4n) is 2.70. The fourth-order valence-corrected chi connectivity index (χ4v) is 2.70. The molecule has 0 spiro atoms. The molecule has 0 radical (unpaired) electrons. The molecule has 0 aliphatic carbocycles. The van der Waals surface area contributed by atoms with Gasteiger partial charge in [-0.2, -0.15) is 0 Å². The third kappa shape index (κ3) is 4.49. The maximum atomic E-state index is 12.1. The third-order valence-electron chi connectivity index (χ3n) is 3.96. The number of hydrogen-bond acceptors (Lipinski definition) is 3. The van der Waals surface area contributed by atoms with E-state index in [1.54, 1.807) is 0 Å². The lowest BCUT2D eigenvalue weighted by atomic mass is 9.91. The lowest BCUT2D eigenvalue weighted by molar-refractivity contribution is -0.136. The van der Waals surface area contributed by atoms with Crippen molar-refractivity contribution in [3.05, 3.63) is 0 Å². The number of hydrazine groups is 1. The topological polar surface area (TPSA) is 75.4 Å². The quantitative estimate of drug-likeness (QED) is 0.450. The molecule has 1 atom stereocenters. The second-order valence-corrected chi connectivity index (χ2v) is 6.15. The Kier molecular flexibility index (Phi) is 5.79. The molecule has 1 fully saturated rings. The molecule has 0 saturated carbocycles. The summed E-state index contributed by atoms with van der Waals surface area (Å²) in [6.45, 7) is 7.01. The van der Waals surface area contributed by atoms with Gasteiger partial charge in [-0.25, -0.2) is 5.84 Å². The van der Waals surface area contributed by atoms with Crippen LogP contribution in [0.2, 0.25) is 0 Å². The zero-order chi connectivity index (χ0) is 14.5. The van der Waals surface area contributed by atoms with Crippen molar-refractivity contribution in [1.29, 1.82) is 0 Å². The largest absolute Gasteiger partial charge is 0.342 e. The van der Waals surface area contributed by atoms with Crippen LogP contribution < -0.4 is 11.3 Å². The highest BCUT2D eigenvalue weighted by molar-refractivity contribution is 5.83. The first-order chi connectivity index (χ1) is 8.90. The first-order valence-corrected chi connectivity index (χ1v) is 7.19. The van der Waals surface area contributed by atoms with Gasteiger partial charge in [-0.05, 0) is 32.6 Å². The fraction of sp³-hybridized carbons (Fsp3) is 0.857. The molecule has 3 N–H and O–H groups in total. The average Bonchev–Trinajstić information content (AvgIpc) is 2.53. The van der Waals surface area contributed by atoms with Crippen molar-refractivity contribution in [2.24, 2.45) is 17.2 Å². The summed E-state index contributed by atoms with van der Waals surface area (Å²) in [6.07, 6.45) is 4.98. The Balaban J connectivity index is 2.62. The maximum absolute atomic E-state index is 12.1. The number of amides is 2. The summed E-state index contributed by atoms with van der Waals surface area (Å²) >= 11 is 0. The molecule has 19 heavy (non-hydrogen) atoms. The van der Waals surface area contributed by atoms with Crippen LogP contribution in [0, 0.1) is 11.3 Å². The molecule has 1 aliphatic rings. The van der Waals surface area contributed by atoms with Crippen molar-refractivity contribution >= 4 is 11.8 Å². The van der Waals surface area contributed by atoms with E-state index in [2.05, 4.69) is 12.3 Å². The molecule has 5 heteroatoms. The number of carbonyl (C=O) groups is 2. The van der Waals surface area contributed by atoms with Crippen molar-refractivity contribution in [1.82, 2.24) is 10.3 Å². The first kappa shape index (κ1) is 16.0.